The molecule has 23 heavy (non-hydrogen) atoms. The van der Waals surface area contributed by atoms with Gasteiger partial charge in [-0.2, -0.15) is 0 Å². The lowest BCUT2D eigenvalue weighted by Crippen LogP contribution is -2.13. The third-order valence-electron chi connectivity index (χ3n) is 4.26. The third-order valence-corrected chi connectivity index (χ3v) is 5.62. The molecule has 1 aromatic heterocycles. The predicted octanol–water partition coefficient (Wildman–Crippen LogP) is 3.52. The fourth-order valence-corrected chi connectivity index (χ4v) is 4.22. The van der Waals surface area contributed by atoms with E-state index in [9.17, 15) is 8.42 Å². The zero-order valence-electron chi connectivity index (χ0n) is 12.5. The first-order valence-electron chi connectivity index (χ1n) is 7.62. The van der Waals surface area contributed by atoms with E-state index in [0.29, 0.717) is 16.1 Å². The molecule has 116 valence electrons. The molecule has 5 heteroatoms. The van der Waals surface area contributed by atoms with Crippen LogP contribution in [0, 0.1) is 0 Å². The summed E-state index contributed by atoms with van der Waals surface area (Å²) in [6.45, 7) is 0. The van der Waals surface area contributed by atoms with Crippen molar-refractivity contribution in [3.63, 3.8) is 0 Å². The van der Waals surface area contributed by atoms with Crippen molar-refractivity contribution in [2.45, 2.75) is 24.2 Å². The number of sulfonamides is 1. The van der Waals surface area contributed by atoms with Crippen molar-refractivity contribution in [2.75, 3.05) is 4.72 Å². The maximum Gasteiger partial charge on any atom is 0.261 e. The molecule has 1 heterocycles. The number of nitrogens with zero attached hydrogens (tertiary/aromatic N) is 1. The minimum absolute atomic E-state index is 0.311. The Morgan fingerprint density at radius 3 is 2.70 bits per heavy atom. The van der Waals surface area contributed by atoms with Crippen LogP contribution in [0.2, 0.25) is 0 Å². The molecule has 0 radical (unpaired) electrons. The molecule has 0 aliphatic heterocycles. The lowest BCUT2D eigenvalue weighted by molar-refractivity contribution is 0.601. The third kappa shape index (κ3) is 2.57. The minimum Gasteiger partial charge on any atom is -0.277 e. The highest BCUT2D eigenvalue weighted by molar-refractivity contribution is 7.92. The predicted molar refractivity (Wildman–Crippen MR) is 91.0 cm³/mol. The molecule has 0 unspecified atom stereocenters. The van der Waals surface area contributed by atoms with Crippen molar-refractivity contribution >= 4 is 26.6 Å². The maximum absolute atomic E-state index is 12.7. The van der Waals surface area contributed by atoms with E-state index in [0.717, 1.165) is 30.2 Å². The zero-order valence-corrected chi connectivity index (χ0v) is 13.3. The Bertz CT molecular complexity index is 992. The molecule has 3 aromatic rings. The highest BCUT2D eigenvalue weighted by Crippen LogP contribution is 2.27. The molecular formula is C18H16N2O2S. The number of hydrogen-bond donors (Lipinski definition) is 1. The van der Waals surface area contributed by atoms with E-state index in [2.05, 4.69) is 9.71 Å². The van der Waals surface area contributed by atoms with Gasteiger partial charge in [-0.05, 0) is 54.7 Å². The molecule has 0 saturated heterocycles. The Morgan fingerprint density at radius 1 is 0.957 bits per heavy atom. The standard InChI is InChI=1S/C18H16N2O2S/c21-23(22,16-10-9-13-4-1-6-15(13)12-16)20-17-8-2-5-14-7-3-11-19-18(14)17/h2-3,5,7-12,20H,1,4,6H2. The number of pyridine rings is 1. The first-order valence-corrected chi connectivity index (χ1v) is 9.10. The topological polar surface area (TPSA) is 59.1 Å². The van der Waals surface area contributed by atoms with E-state index in [-0.39, 0.29) is 0 Å². The smallest absolute Gasteiger partial charge is 0.261 e. The van der Waals surface area contributed by atoms with Crippen molar-refractivity contribution in [1.29, 1.82) is 0 Å². The second-order valence-electron chi connectivity index (χ2n) is 5.77. The van der Waals surface area contributed by atoms with Gasteiger partial charge in [-0.15, -0.1) is 0 Å². The van der Waals surface area contributed by atoms with Crippen LogP contribution in [0.15, 0.2) is 59.6 Å². The quantitative estimate of drug-likeness (QED) is 0.802. The van der Waals surface area contributed by atoms with Gasteiger partial charge < -0.3 is 0 Å². The zero-order chi connectivity index (χ0) is 15.9. The normalized spacial score (nSPS) is 13.9. The van der Waals surface area contributed by atoms with Crippen LogP contribution >= 0.6 is 0 Å². The fourth-order valence-electron chi connectivity index (χ4n) is 3.11. The van der Waals surface area contributed by atoms with Crippen LogP contribution in [-0.2, 0) is 22.9 Å². The van der Waals surface area contributed by atoms with Gasteiger partial charge in [0.15, 0.2) is 0 Å². The number of fused-ring (bicyclic) bond motifs is 2. The van der Waals surface area contributed by atoms with Crippen LogP contribution in [-0.4, -0.2) is 13.4 Å². The van der Waals surface area contributed by atoms with Crippen LogP contribution < -0.4 is 4.72 Å². The van der Waals surface area contributed by atoms with Gasteiger partial charge in [-0.25, -0.2) is 8.42 Å². The van der Waals surface area contributed by atoms with Crippen molar-refractivity contribution in [3.05, 3.63) is 65.9 Å². The number of rotatable bonds is 3. The van der Waals surface area contributed by atoms with Crippen LogP contribution in [0.25, 0.3) is 10.9 Å². The van der Waals surface area contributed by atoms with E-state index in [1.165, 1.54) is 5.56 Å². The van der Waals surface area contributed by atoms with Crippen LogP contribution in [0.4, 0.5) is 5.69 Å². The monoisotopic (exact) mass is 324 g/mol. The maximum atomic E-state index is 12.7. The summed E-state index contributed by atoms with van der Waals surface area (Å²) in [4.78, 5) is 4.60. The number of nitrogens with one attached hydrogen (secondary N) is 1. The summed E-state index contributed by atoms with van der Waals surface area (Å²) in [5.41, 5.74) is 3.56. The van der Waals surface area contributed by atoms with Crippen LogP contribution in [0.5, 0.6) is 0 Å². The summed E-state index contributed by atoms with van der Waals surface area (Å²) >= 11 is 0. The van der Waals surface area contributed by atoms with Crippen molar-refractivity contribution in [1.82, 2.24) is 4.98 Å². The molecule has 4 nitrogen and oxygen atoms in total. The van der Waals surface area contributed by atoms with Gasteiger partial charge in [0, 0.05) is 11.6 Å². The SMILES string of the molecule is O=S(=O)(Nc1cccc2cccnc12)c1ccc2c(c1)CCC2. The van der Waals surface area contributed by atoms with E-state index in [1.807, 2.05) is 30.3 Å². The molecule has 0 saturated carbocycles. The number of benzene rings is 2. The highest BCUT2D eigenvalue weighted by Gasteiger charge is 2.19. The van der Waals surface area contributed by atoms with E-state index in [1.54, 1.807) is 24.4 Å². The lowest BCUT2D eigenvalue weighted by Gasteiger charge is -2.11. The molecule has 1 aliphatic carbocycles. The average molecular weight is 324 g/mol. The summed E-state index contributed by atoms with van der Waals surface area (Å²) in [6.07, 6.45) is 4.75. The van der Waals surface area contributed by atoms with Gasteiger partial charge in [-0.3, -0.25) is 9.71 Å². The summed E-state index contributed by atoms with van der Waals surface area (Å²) in [7, 11) is -3.62. The Balaban J connectivity index is 1.74. The van der Waals surface area contributed by atoms with Gasteiger partial charge in [0.25, 0.3) is 10.0 Å². The highest BCUT2D eigenvalue weighted by atomic mass is 32.2. The number of para-hydroxylation sites is 1. The molecule has 0 spiro atoms. The Morgan fingerprint density at radius 2 is 1.78 bits per heavy atom. The number of anilines is 1. The number of aromatic nitrogens is 1. The Labute approximate surface area is 135 Å². The molecule has 1 N–H and O–H groups in total. The van der Waals surface area contributed by atoms with E-state index in [4.69, 9.17) is 0 Å². The molecule has 0 fully saturated rings. The summed E-state index contributed by atoms with van der Waals surface area (Å²) < 4.78 is 28.1. The second-order valence-corrected chi connectivity index (χ2v) is 7.45. The summed E-state index contributed by atoms with van der Waals surface area (Å²) in [5.74, 6) is 0. The van der Waals surface area contributed by atoms with Gasteiger partial charge in [0.1, 0.15) is 0 Å². The Hall–Kier alpha value is -2.40. The molecular weight excluding hydrogens is 308 g/mol. The summed E-state index contributed by atoms with van der Waals surface area (Å²) in [5, 5.41) is 0.904. The van der Waals surface area contributed by atoms with Crippen molar-refractivity contribution in [2.24, 2.45) is 0 Å². The van der Waals surface area contributed by atoms with E-state index < -0.39 is 10.0 Å². The largest absolute Gasteiger partial charge is 0.277 e. The first-order chi connectivity index (χ1) is 11.1. The van der Waals surface area contributed by atoms with Crippen LogP contribution in [0.3, 0.4) is 0 Å². The molecule has 2 aromatic carbocycles. The molecule has 0 atom stereocenters. The molecule has 0 amide bonds. The second kappa shape index (κ2) is 5.35. The molecule has 0 bridgehead atoms. The first kappa shape index (κ1) is 14.2. The summed E-state index contributed by atoms with van der Waals surface area (Å²) in [6, 6.07) is 14.6. The van der Waals surface area contributed by atoms with Gasteiger partial charge in [0.05, 0.1) is 16.1 Å². The van der Waals surface area contributed by atoms with Crippen LogP contribution in [0.1, 0.15) is 17.5 Å². The number of aryl methyl sites for hydroxylation is 2. The van der Waals surface area contributed by atoms with Gasteiger partial charge >= 0.3 is 0 Å². The minimum atomic E-state index is -3.62. The fraction of sp³-hybridized carbons (Fsp3) is 0.167. The van der Waals surface area contributed by atoms with Gasteiger partial charge in [-0.1, -0.05) is 24.3 Å². The average Bonchev–Trinajstić information content (AvgIpc) is 3.02. The molecule has 4 rings (SSSR count). The lowest BCUT2D eigenvalue weighted by atomic mass is 10.1. The number of hydrogen-bond acceptors (Lipinski definition) is 3. The van der Waals surface area contributed by atoms with Crippen molar-refractivity contribution < 1.29 is 8.42 Å². The van der Waals surface area contributed by atoms with Crippen molar-refractivity contribution in [3.8, 4) is 0 Å². The Kier molecular flexibility index (Phi) is 3.31. The molecule has 1 aliphatic rings. The van der Waals surface area contributed by atoms with Gasteiger partial charge in [0.2, 0.25) is 0 Å². The van der Waals surface area contributed by atoms with E-state index >= 15 is 0 Å².